The van der Waals surface area contributed by atoms with Gasteiger partial charge in [-0.1, -0.05) is 30.3 Å². The highest BCUT2D eigenvalue weighted by Crippen LogP contribution is 2.25. The van der Waals surface area contributed by atoms with Crippen LogP contribution in [0.15, 0.2) is 48.7 Å². The largest absolute Gasteiger partial charge is 0.377 e. The number of rotatable bonds is 2. The van der Waals surface area contributed by atoms with Crippen molar-refractivity contribution in [1.82, 2.24) is 9.88 Å². The lowest BCUT2D eigenvalue weighted by molar-refractivity contribution is -0.00272. The summed E-state index contributed by atoms with van der Waals surface area (Å²) in [7, 11) is 0. The van der Waals surface area contributed by atoms with Crippen molar-refractivity contribution in [3.63, 3.8) is 0 Å². The summed E-state index contributed by atoms with van der Waals surface area (Å²) in [5.74, 6) is -0.848. The molecule has 3 rings (SSSR count). The molecule has 1 aliphatic heterocycles. The number of benzene rings is 1. The first-order valence-corrected chi connectivity index (χ1v) is 6.81. The molecule has 1 atom stereocenters. The van der Waals surface area contributed by atoms with Crippen molar-refractivity contribution in [3.05, 3.63) is 65.7 Å². The van der Waals surface area contributed by atoms with Crippen LogP contribution in [0, 0.1) is 5.95 Å². The second kappa shape index (κ2) is 6.01. The molecule has 2 heterocycles. The molecule has 1 fully saturated rings. The average molecular weight is 286 g/mol. The van der Waals surface area contributed by atoms with Crippen molar-refractivity contribution in [2.24, 2.45) is 0 Å². The molecular weight excluding hydrogens is 271 g/mol. The maximum atomic E-state index is 13.2. The SMILES string of the molecule is O=C(c1ccnc(F)c1)N1CCOCC1c1ccccc1. The minimum absolute atomic E-state index is 0.149. The number of hydrogen-bond donors (Lipinski definition) is 0. The molecule has 1 saturated heterocycles. The Bertz CT molecular complexity index is 633. The van der Waals surface area contributed by atoms with E-state index in [1.807, 2.05) is 30.3 Å². The predicted octanol–water partition coefficient (Wildman–Crippen LogP) is 2.43. The van der Waals surface area contributed by atoms with E-state index in [2.05, 4.69) is 4.98 Å². The smallest absolute Gasteiger partial charge is 0.254 e. The summed E-state index contributed by atoms with van der Waals surface area (Å²) in [5, 5.41) is 0. The van der Waals surface area contributed by atoms with Crippen LogP contribution in [0.25, 0.3) is 0 Å². The second-order valence-corrected chi connectivity index (χ2v) is 4.87. The monoisotopic (exact) mass is 286 g/mol. The summed E-state index contributed by atoms with van der Waals surface area (Å²) < 4.78 is 18.7. The highest BCUT2D eigenvalue weighted by atomic mass is 19.1. The highest BCUT2D eigenvalue weighted by Gasteiger charge is 2.29. The fraction of sp³-hybridized carbons (Fsp3) is 0.250. The Morgan fingerprint density at radius 2 is 2.10 bits per heavy atom. The van der Waals surface area contributed by atoms with E-state index in [0.29, 0.717) is 25.3 Å². The van der Waals surface area contributed by atoms with E-state index in [0.717, 1.165) is 5.56 Å². The summed E-state index contributed by atoms with van der Waals surface area (Å²) in [4.78, 5) is 17.8. The standard InChI is InChI=1S/C16H15FN2O2/c17-15-10-13(6-7-18-15)16(20)19-8-9-21-11-14(19)12-4-2-1-3-5-12/h1-7,10,14H,8-9,11H2. The summed E-state index contributed by atoms with van der Waals surface area (Å²) in [6.07, 6.45) is 1.31. The summed E-state index contributed by atoms with van der Waals surface area (Å²) >= 11 is 0. The summed E-state index contributed by atoms with van der Waals surface area (Å²) in [6.45, 7) is 1.42. The molecule has 0 N–H and O–H groups in total. The van der Waals surface area contributed by atoms with Crippen LogP contribution in [-0.4, -0.2) is 35.5 Å². The second-order valence-electron chi connectivity index (χ2n) is 4.87. The van der Waals surface area contributed by atoms with Crippen molar-refractivity contribution in [2.75, 3.05) is 19.8 Å². The molecule has 108 valence electrons. The number of aromatic nitrogens is 1. The number of morpholine rings is 1. The molecule has 2 aromatic rings. The van der Waals surface area contributed by atoms with E-state index >= 15 is 0 Å². The Morgan fingerprint density at radius 1 is 1.29 bits per heavy atom. The van der Waals surface area contributed by atoms with Gasteiger partial charge in [-0.15, -0.1) is 0 Å². The molecule has 1 aliphatic rings. The van der Waals surface area contributed by atoms with Gasteiger partial charge in [-0.2, -0.15) is 4.39 Å². The lowest BCUT2D eigenvalue weighted by Gasteiger charge is -2.36. The number of ether oxygens (including phenoxy) is 1. The lowest BCUT2D eigenvalue weighted by atomic mass is 10.0. The molecule has 1 unspecified atom stereocenters. The average Bonchev–Trinajstić information content (AvgIpc) is 2.55. The Labute approximate surface area is 122 Å². The van der Waals surface area contributed by atoms with Crippen LogP contribution in [-0.2, 0) is 4.74 Å². The summed E-state index contributed by atoms with van der Waals surface area (Å²) in [6, 6.07) is 12.3. The van der Waals surface area contributed by atoms with Gasteiger partial charge < -0.3 is 9.64 Å². The van der Waals surface area contributed by atoms with E-state index < -0.39 is 5.95 Å². The van der Waals surface area contributed by atoms with Crippen LogP contribution in [0.1, 0.15) is 22.0 Å². The zero-order valence-electron chi connectivity index (χ0n) is 11.4. The first kappa shape index (κ1) is 13.7. The minimum atomic E-state index is -0.648. The van der Waals surface area contributed by atoms with Crippen LogP contribution < -0.4 is 0 Å². The molecule has 1 aromatic carbocycles. The fourth-order valence-corrected chi connectivity index (χ4v) is 2.50. The predicted molar refractivity (Wildman–Crippen MR) is 75.2 cm³/mol. The van der Waals surface area contributed by atoms with Crippen molar-refractivity contribution < 1.29 is 13.9 Å². The molecule has 1 amide bonds. The third-order valence-corrected chi connectivity index (χ3v) is 3.55. The fourth-order valence-electron chi connectivity index (χ4n) is 2.50. The van der Waals surface area contributed by atoms with Gasteiger partial charge in [0.2, 0.25) is 5.95 Å². The molecule has 4 nitrogen and oxygen atoms in total. The number of amides is 1. The molecule has 0 bridgehead atoms. The molecule has 0 radical (unpaired) electrons. The molecule has 0 spiro atoms. The molecular formula is C16H15FN2O2. The number of carbonyl (C=O) groups is 1. The van der Waals surface area contributed by atoms with Gasteiger partial charge in [-0.25, -0.2) is 4.98 Å². The van der Waals surface area contributed by atoms with Crippen molar-refractivity contribution in [1.29, 1.82) is 0 Å². The molecule has 21 heavy (non-hydrogen) atoms. The Kier molecular flexibility index (Phi) is 3.92. The normalized spacial score (nSPS) is 18.5. The third-order valence-electron chi connectivity index (χ3n) is 3.55. The van der Waals surface area contributed by atoms with Gasteiger partial charge in [0.1, 0.15) is 0 Å². The van der Waals surface area contributed by atoms with Crippen LogP contribution in [0.5, 0.6) is 0 Å². The third kappa shape index (κ3) is 2.92. The van der Waals surface area contributed by atoms with E-state index in [9.17, 15) is 9.18 Å². The Morgan fingerprint density at radius 3 is 2.86 bits per heavy atom. The van der Waals surface area contributed by atoms with Gasteiger partial charge in [0, 0.05) is 24.4 Å². The maximum absolute atomic E-state index is 13.2. The molecule has 5 heteroatoms. The zero-order valence-corrected chi connectivity index (χ0v) is 11.4. The first-order chi connectivity index (χ1) is 10.3. The Hall–Kier alpha value is -2.27. The Balaban J connectivity index is 1.89. The number of halogens is 1. The molecule has 0 saturated carbocycles. The minimum Gasteiger partial charge on any atom is -0.377 e. The topological polar surface area (TPSA) is 42.4 Å². The van der Waals surface area contributed by atoms with Crippen LogP contribution in [0.2, 0.25) is 0 Å². The van der Waals surface area contributed by atoms with Crippen LogP contribution in [0.3, 0.4) is 0 Å². The van der Waals surface area contributed by atoms with Crippen LogP contribution >= 0.6 is 0 Å². The van der Waals surface area contributed by atoms with Crippen molar-refractivity contribution in [2.45, 2.75) is 6.04 Å². The van der Waals surface area contributed by atoms with E-state index in [-0.39, 0.29) is 11.9 Å². The lowest BCUT2D eigenvalue weighted by Crippen LogP contribution is -2.43. The van der Waals surface area contributed by atoms with Gasteiger partial charge in [0.15, 0.2) is 0 Å². The van der Waals surface area contributed by atoms with E-state index in [4.69, 9.17) is 4.74 Å². The number of carbonyl (C=O) groups excluding carboxylic acids is 1. The van der Waals surface area contributed by atoms with Crippen LogP contribution in [0.4, 0.5) is 4.39 Å². The van der Waals surface area contributed by atoms with Crippen molar-refractivity contribution in [3.8, 4) is 0 Å². The van der Waals surface area contributed by atoms with Gasteiger partial charge in [-0.3, -0.25) is 4.79 Å². The zero-order chi connectivity index (χ0) is 14.7. The highest BCUT2D eigenvalue weighted by molar-refractivity contribution is 5.94. The van der Waals surface area contributed by atoms with E-state index in [1.54, 1.807) is 4.90 Å². The van der Waals surface area contributed by atoms with Gasteiger partial charge in [0.25, 0.3) is 5.91 Å². The molecule has 0 aliphatic carbocycles. The van der Waals surface area contributed by atoms with Gasteiger partial charge >= 0.3 is 0 Å². The number of nitrogens with zero attached hydrogens (tertiary/aromatic N) is 2. The maximum Gasteiger partial charge on any atom is 0.254 e. The van der Waals surface area contributed by atoms with E-state index in [1.165, 1.54) is 18.3 Å². The van der Waals surface area contributed by atoms with Gasteiger partial charge in [-0.05, 0) is 11.6 Å². The molecule has 1 aromatic heterocycles. The van der Waals surface area contributed by atoms with Crippen molar-refractivity contribution >= 4 is 5.91 Å². The van der Waals surface area contributed by atoms with Gasteiger partial charge in [0.05, 0.1) is 19.3 Å². The summed E-state index contributed by atoms with van der Waals surface area (Å²) in [5.41, 5.74) is 1.32. The number of pyridine rings is 1. The first-order valence-electron chi connectivity index (χ1n) is 6.81. The number of hydrogen-bond acceptors (Lipinski definition) is 3. The quantitative estimate of drug-likeness (QED) is 0.796.